The van der Waals surface area contributed by atoms with E-state index in [0.29, 0.717) is 17.1 Å². The van der Waals surface area contributed by atoms with E-state index in [1.165, 1.54) is 36.5 Å². The molecule has 1 aliphatic rings. The first-order valence-electron chi connectivity index (χ1n) is 9.41. The molecule has 1 aromatic heterocycles. The summed E-state index contributed by atoms with van der Waals surface area (Å²) in [6.07, 6.45) is 1.21. The van der Waals surface area contributed by atoms with Crippen LogP contribution in [0.2, 0.25) is 0 Å². The normalized spacial score (nSPS) is 12.2. The maximum atomic E-state index is 13.5. The number of carbonyl (C=O) groups excluding carboxylic acids is 3. The van der Waals surface area contributed by atoms with E-state index in [1.807, 2.05) is 0 Å². The molecule has 0 spiro atoms. The van der Waals surface area contributed by atoms with E-state index in [0.717, 1.165) is 16.7 Å². The van der Waals surface area contributed by atoms with E-state index in [1.54, 1.807) is 12.1 Å². The smallest absolute Gasteiger partial charge is 0.340 e. The Hall–Kier alpha value is -4.47. The molecule has 0 fully saturated rings. The Balaban J connectivity index is 1.40. The number of ether oxygens (including phenoxy) is 2. The van der Waals surface area contributed by atoms with Gasteiger partial charge in [0, 0.05) is 18.0 Å². The van der Waals surface area contributed by atoms with Gasteiger partial charge in [0.15, 0.2) is 13.2 Å². The van der Waals surface area contributed by atoms with Crippen LogP contribution in [-0.4, -0.2) is 35.6 Å². The van der Waals surface area contributed by atoms with E-state index in [4.69, 9.17) is 9.47 Å². The number of halogens is 1. The minimum absolute atomic E-state index is 0.00954. The van der Waals surface area contributed by atoms with Crippen molar-refractivity contribution in [2.75, 3.05) is 23.8 Å². The molecule has 2 aromatic carbocycles. The van der Waals surface area contributed by atoms with Crippen molar-refractivity contribution >= 4 is 29.2 Å². The number of benzene rings is 2. The van der Waals surface area contributed by atoms with Crippen LogP contribution in [0.3, 0.4) is 0 Å². The first kappa shape index (κ1) is 20.8. The van der Waals surface area contributed by atoms with Crippen molar-refractivity contribution in [3.63, 3.8) is 0 Å². The number of carbonyl (C=O) groups is 3. The van der Waals surface area contributed by atoms with Gasteiger partial charge in [0.2, 0.25) is 0 Å². The Morgan fingerprint density at radius 2 is 1.97 bits per heavy atom. The zero-order valence-corrected chi connectivity index (χ0v) is 16.5. The Kier molecular flexibility index (Phi) is 5.67. The van der Waals surface area contributed by atoms with Crippen LogP contribution in [-0.2, 0) is 14.3 Å². The number of fused-ring (bicyclic) bond motifs is 1. The second-order valence-electron chi connectivity index (χ2n) is 6.78. The van der Waals surface area contributed by atoms with Crippen molar-refractivity contribution in [3.05, 3.63) is 82.5 Å². The standard InChI is InChI=1S/C22H16FN3O6/c23-14-2-1-3-16(8-14)26-10-13(4-7-21(26)29)22(30)32-12-19(27)24-15-5-6-18-17(9-15)25-20(28)11-31-18/h1-10H,11-12H2,(H,24,27)(H,25,28). The number of pyridine rings is 1. The number of nitrogens with zero attached hydrogens (tertiary/aromatic N) is 1. The molecule has 0 radical (unpaired) electrons. The molecule has 1 aliphatic heterocycles. The van der Waals surface area contributed by atoms with Crippen molar-refractivity contribution < 1.29 is 28.2 Å². The largest absolute Gasteiger partial charge is 0.482 e. The maximum Gasteiger partial charge on any atom is 0.340 e. The summed E-state index contributed by atoms with van der Waals surface area (Å²) in [5, 5.41) is 5.17. The molecule has 10 heteroatoms. The van der Waals surface area contributed by atoms with Crippen LogP contribution in [0.4, 0.5) is 15.8 Å². The summed E-state index contributed by atoms with van der Waals surface area (Å²) < 4.78 is 24.8. The fourth-order valence-electron chi connectivity index (χ4n) is 3.01. The van der Waals surface area contributed by atoms with Gasteiger partial charge in [0.25, 0.3) is 17.4 Å². The predicted molar refractivity (Wildman–Crippen MR) is 111 cm³/mol. The summed E-state index contributed by atoms with van der Waals surface area (Å²) in [5.41, 5.74) is 0.570. The molecule has 0 unspecified atom stereocenters. The zero-order chi connectivity index (χ0) is 22.7. The molecule has 0 bridgehead atoms. The van der Waals surface area contributed by atoms with Crippen LogP contribution >= 0.6 is 0 Å². The van der Waals surface area contributed by atoms with Crippen molar-refractivity contribution in [1.82, 2.24) is 4.57 Å². The highest BCUT2D eigenvalue weighted by atomic mass is 19.1. The van der Waals surface area contributed by atoms with Crippen molar-refractivity contribution in [3.8, 4) is 11.4 Å². The van der Waals surface area contributed by atoms with E-state index < -0.39 is 29.9 Å². The van der Waals surface area contributed by atoms with Gasteiger partial charge in [-0.2, -0.15) is 0 Å². The van der Waals surface area contributed by atoms with Gasteiger partial charge in [0.1, 0.15) is 11.6 Å². The number of rotatable bonds is 5. The van der Waals surface area contributed by atoms with E-state index in [2.05, 4.69) is 10.6 Å². The van der Waals surface area contributed by atoms with Crippen LogP contribution in [0, 0.1) is 5.82 Å². The second-order valence-corrected chi connectivity index (χ2v) is 6.78. The molecule has 162 valence electrons. The lowest BCUT2D eigenvalue weighted by atomic mass is 10.2. The second kappa shape index (κ2) is 8.72. The van der Waals surface area contributed by atoms with Gasteiger partial charge in [-0.1, -0.05) is 6.07 Å². The van der Waals surface area contributed by atoms with Crippen LogP contribution in [0.1, 0.15) is 10.4 Å². The first-order valence-corrected chi connectivity index (χ1v) is 9.41. The van der Waals surface area contributed by atoms with Crippen LogP contribution in [0.15, 0.2) is 65.6 Å². The molecule has 0 saturated heterocycles. The SMILES string of the molecule is O=C(COC(=O)c1ccc(=O)n(-c2cccc(F)c2)c1)Nc1ccc2c(c1)NC(=O)CO2. The van der Waals surface area contributed by atoms with Crippen LogP contribution in [0.5, 0.6) is 5.75 Å². The molecular formula is C22H16FN3O6. The van der Waals surface area contributed by atoms with Crippen LogP contribution in [0.25, 0.3) is 5.69 Å². The van der Waals surface area contributed by atoms with E-state index in [9.17, 15) is 23.6 Å². The quantitative estimate of drug-likeness (QED) is 0.591. The third kappa shape index (κ3) is 4.64. The summed E-state index contributed by atoms with van der Waals surface area (Å²) in [4.78, 5) is 48.0. The molecule has 2 N–H and O–H groups in total. The molecule has 9 nitrogen and oxygen atoms in total. The van der Waals surface area contributed by atoms with Crippen molar-refractivity contribution in [2.45, 2.75) is 0 Å². The summed E-state index contributed by atoms with van der Waals surface area (Å²) in [6.45, 7) is -0.668. The topological polar surface area (TPSA) is 116 Å². The predicted octanol–water partition coefficient (Wildman–Crippen LogP) is 2.10. The first-order chi connectivity index (χ1) is 15.4. The van der Waals surface area contributed by atoms with E-state index in [-0.39, 0.29) is 23.8 Å². The number of hydrogen-bond donors (Lipinski definition) is 2. The fourth-order valence-corrected chi connectivity index (χ4v) is 3.01. The Labute approximate surface area is 180 Å². The lowest BCUT2D eigenvalue weighted by Gasteiger charge is -2.18. The van der Waals surface area contributed by atoms with Gasteiger partial charge in [-0.3, -0.25) is 19.0 Å². The lowest BCUT2D eigenvalue weighted by molar-refractivity contribution is -0.119. The number of esters is 1. The maximum absolute atomic E-state index is 13.5. The molecule has 2 heterocycles. The molecule has 4 rings (SSSR count). The summed E-state index contributed by atoms with van der Waals surface area (Å²) in [7, 11) is 0. The van der Waals surface area contributed by atoms with Gasteiger partial charge < -0.3 is 20.1 Å². The third-order valence-corrected chi connectivity index (χ3v) is 4.46. The minimum Gasteiger partial charge on any atom is -0.482 e. The molecule has 0 aliphatic carbocycles. The lowest BCUT2D eigenvalue weighted by Crippen LogP contribution is -2.26. The van der Waals surface area contributed by atoms with E-state index >= 15 is 0 Å². The van der Waals surface area contributed by atoms with Gasteiger partial charge >= 0.3 is 5.97 Å². The highest BCUT2D eigenvalue weighted by Crippen LogP contribution is 2.30. The molecule has 0 saturated carbocycles. The summed E-state index contributed by atoms with van der Waals surface area (Å²) in [5.74, 6) is -1.82. The minimum atomic E-state index is -0.837. The number of amides is 2. The highest BCUT2D eigenvalue weighted by Gasteiger charge is 2.17. The van der Waals surface area contributed by atoms with Gasteiger partial charge in [0.05, 0.1) is 16.9 Å². The molecule has 0 atom stereocenters. The molecular weight excluding hydrogens is 421 g/mol. The van der Waals surface area contributed by atoms with Gasteiger partial charge in [-0.15, -0.1) is 0 Å². The Bertz CT molecular complexity index is 1290. The van der Waals surface area contributed by atoms with Crippen LogP contribution < -0.4 is 20.9 Å². The van der Waals surface area contributed by atoms with Gasteiger partial charge in [-0.25, -0.2) is 9.18 Å². The number of anilines is 2. The average Bonchev–Trinajstić information content (AvgIpc) is 2.77. The number of nitrogens with one attached hydrogen (secondary N) is 2. The number of aromatic nitrogens is 1. The third-order valence-electron chi connectivity index (χ3n) is 4.46. The monoisotopic (exact) mass is 437 g/mol. The molecule has 2 amide bonds. The van der Waals surface area contributed by atoms with Crippen molar-refractivity contribution in [2.24, 2.45) is 0 Å². The Morgan fingerprint density at radius 3 is 2.78 bits per heavy atom. The zero-order valence-electron chi connectivity index (χ0n) is 16.5. The fraction of sp³-hybridized carbons (Fsp3) is 0.0909. The summed E-state index contributed by atoms with van der Waals surface area (Å²) in [6, 6.07) is 12.4. The number of hydrogen-bond acceptors (Lipinski definition) is 6. The molecule has 32 heavy (non-hydrogen) atoms. The van der Waals surface area contributed by atoms with Crippen molar-refractivity contribution in [1.29, 1.82) is 0 Å². The highest BCUT2D eigenvalue weighted by molar-refractivity contribution is 5.98. The summed E-state index contributed by atoms with van der Waals surface area (Å²) >= 11 is 0. The molecule has 3 aromatic rings. The Morgan fingerprint density at radius 1 is 1.12 bits per heavy atom. The van der Waals surface area contributed by atoms with Gasteiger partial charge in [-0.05, 0) is 42.5 Å². The average molecular weight is 437 g/mol.